The molecule has 4 rings (SSSR count). The van der Waals surface area contributed by atoms with Gasteiger partial charge in [0.1, 0.15) is 23.9 Å². The molecule has 5 nitrogen and oxygen atoms in total. The number of hydrogen-bond donors (Lipinski definition) is 2. The van der Waals surface area contributed by atoms with Crippen LogP contribution in [0.5, 0.6) is 0 Å². The van der Waals surface area contributed by atoms with E-state index in [0.29, 0.717) is 0 Å². The summed E-state index contributed by atoms with van der Waals surface area (Å²) in [6.07, 6.45) is -3.24. The van der Waals surface area contributed by atoms with E-state index in [9.17, 15) is 10.2 Å². The Morgan fingerprint density at radius 3 is 1.70 bits per heavy atom. The van der Waals surface area contributed by atoms with Gasteiger partial charge in [-0.25, -0.2) is 0 Å². The molecule has 1 fully saturated rings. The van der Waals surface area contributed by atoms with Gasteiger partial charge in [-0.3, -0.25) is 0 Å². The van der Waals surface area contributed by atoms with E-state index in [2.05, 4.69) is 6.58 Å². The SMILES string of the molecule is C=CCO[C@@H]1O[C@@H](C)[C@H](O)[C@@H](OC(c2ccccc2)(c2ccccc2)c2ccccc2)[C@H]1O. The molecule has 0 aliphatic carbocycles. The summed E-state index contributed by atoms with van der Waals surface area (Å²) < 4.78 is 18.2. The first kappa shape index (κ1) is 23.4. The van der Waals surface area contributed by atoms with Gasteiger partial charge in [0.15, 0.2) is 6.29 Å². The largest absolute Gasteiger partial charge is 0.388 e. The van der Waals surface area contributed by atoms with Crippen LogP contribution in [0.4, 0.5) is 0 Å². The van der Waals surface area contributed by atoms with Crippen LogP contribution in [0, 0.1) is 0 Å². The van der Waals surface area contributed by atoms with E-state index in [1.807, 2.05) is 91.0 Å². The van der Waals surface area contributed by atoms with Crippen molar-refractivity contribution in [3.05, 3.63) is 120 Å². The molecule has 0 spiro atoms. The third-order valence-corrected chi connectivity index (χ3v) is 6.01. The third kappa shape index (κ3) is 4.64. The quantitative estimate of drug-likeness (QED) is 0.404. The predicted octanol–water partition coefficient (Wildman–Crippen LogP) is 4.03. The van der Waals surface area contributed by atoms with E-state index < -0.39 is 36.3 Å². The summed E-state index contributed by atoms with van der Waals surface area (Å²) in [6.45, 7) is 5.61. The van der Waals surface area contributed by atoms with Crippen LogP contribution in [0.3, 0.4) is 0 Å². The fraction of sp³-hybridized carbons (Fsp3) is 0.286. The van der Waals surface area contributed by atoms with Gasteiger partial charge >= 0.3 is 0 Å². The van der Waals surface area contributed by atoms with Crippen LogP contribution >= 0.6 is 0 Å². The lowest BCUT2D eigenvalue weighted by Crippen LogP contribution is -2.60. The zero-order chi connectivity index (χ0) is 23.3. The Labute approximate surface area is 194 Å². The van der Waals surface area contributed by atoms with Gasteiger partial charge in [-0.05, 0) is 23.6 Å². The van der Waals surface area contributed by atoms with Gasteiger partial charge in [0.2, 0.25) is 0 Å². The van der Waals surface area contributed by atoms with Crippen LogP contribution in [0.1, 0.15) is 23.6 Å². The van der Waals surface area contributed by atoms with Gasteiger partial charge in [-0.2, -0.15) is 0 Å². The Morgan fingerprint density at radius 1 is 0.818 bits per heavy atom. The van der Waals surface area contributed by atoms with E-state index in [4.69, 9.17) is 14.2 Å². The molecule has 0 aromatic heterocycles. The molecule has 1 aliphatic rings. The second kappa shape index (κ2) is 10.4. The summed E-state index contributed by atoms with van der Waals surface area (Å²) in [4.78, 5) is 0. The molecule has 0 saturated carbocycles. The smallest absolute Gasteiger partial charge is 0.186 e. The molecule has 3 aromatic rings. The van der Waals surface area contributed by atoms with Gasteiger partial charge in [-0.15, -0.1) is 6.58 Å². The topological polar surface area (TPSA) is 68.2 Å². The maximum atomic E-state index is 11.2. The van der Waals surface area contributed by atoms with Crippen molar-refractivity contribution in [2.75, 3.05) is 6.61 Å². The van der Waals surface area contributed by atoms with Gasteiger partial charge in [0.25, 0.3) is 0 Å². The lowest BCUT2D eigenvalue weighted by Gasteiger charge is -2.46. The molecule has 1 saturated heterocycles. The lowest BCUT2D eigenvalue weighted by molar-refractivity contribution is -0.307. The van der Waals surface area contributed by atoms with Crippen molar-refractivity contribution in [1.29, 1.82) is 0 Å². The standard InChI is InChI=1S/C28H30O5/c1-3-19-31-27-25(30)26(24(29)20(2)32-27)33-28(21-13-7-4-8-14-21,22-15-9-5-10-16-22)23-17-11-6-12-18-23/h3-18,20,24-27,29-30H,1,19H2,2H3/t20-,24-,25+,26+,27+/m0/s1. The minimum atomic E-state index is -1.22. The molecule has 0 radical (unpaired) electrons. The van der Waals surface area contributed by atoms with Crippen molar-refractivity contribution in [2.24, 2.45) is 0 Å². The first-order valence-corrected chi connectivity index (χ1v) is 11.2. The zero-order valence-electron chi connectivity index (χ0n) is 18.7. The number of aliphatic hydroxyl groups is 2. The molecule has 33 heavy (non-hydrogen) atoms. The Morgan fingerprint density at radius 2 is 1.27 bits per heavy atom. The molecule has 1 aliphatic heterocycles. The zero-order valence-corrected chi connectivity index (χ0v) is 18.7. The van der Waals surface area contributed by atoms with Crippen molar-refractivity contribution in [1.82, 2.24) is 0 Å². The lowest BCUT2D eigenvalue weighted by atomic mass is 9.79. The van der Waals surface area contributed by atoms with Crippen molar-refractivity contribution < 1.29 is 24.4 Å². The van der Waals surface area contributed by atoms with Crippen LogP contribution in [-0.2, 0) is 19.8 Å². The second-order valence-electron chi connectivity index (χ2n) is 8.17. The van der Waals surface area contributed by atoms with Crippen molar-refractivity contribution in [3.63, 3.8) is 0 Å². The molecule has 3 aromatic carbocycles. The maximum Gasteiger partial charge on any atom is 0.186 e. The first-order chi connectivity index (χ1) is 16.1. The minimum absolute atomic E-state index is 0.207. The predicted molar refractivity (Wildman–Crippen MR) is 127 cm³/mol. The average molecular weight is 447 g/mol. The summed E-state index contributed by atoms with van der Waals surface area (Å²) in [7, 11) is 0. The molecule has 2 N–H and O–H groups in total. The van der Waals surface area contributed by atoms with E-state index >= 15 is 0 Å². The van der Waals surface area contributed by atoms with Crippen molar-refractivity contribution in [3.8, 4) is 0 Å². The van der Waals surface area contributed by atoms with Gasteiger partial charge in [0.05, 0.1) is 12.7 Å². The highest BCUT2D eigenvalue weighted by atomic mass is 16.7. The molecule has 0 unspecified atom stereocenters. The summed E-state index contributed by atoms with van der Waals surface area (Å²) >= 11 is 0. The van der Waals surface area contributed by atoms with Gasteiger partial charge in [-0.1, -0.05) is 97.1 Å². The van der Waals surface area contributed by atoms with Crippen LogP contribution in [-0.4, -0.2) is 47.5 Å². The van der Waals surface area contributed by atoms with Crippen LogP contribution in [0.15, 0.2) is 104 Å². The third-order valence-electron chi connectivity index (χ3n) is 6.01. The molecule has 5 heteroatoms. The Bertz CT molecular complexity index is 912. The molecule has 1 heterocycles. The van der Waals surface area contributed by atoms with Crippen molar-refractivity contribution >= 4 is 0 Å². The molecule has 0 amide bonds. The first-order valence-electron chi connectivity index (χ1n) is 11.2. The number of hydrogen-bond acceptors (Lipinski definition) is 5. The Kier molecular flexibility index (Phi) is 7.38. The van der Waals surface area contributed by atoms with Crippen LogP contribution in [0.2, 0.25) is 0 Å². The molecular weight excluding hydrogens is 416 g/mol. The Balaban J connectivity index is 1.87. The van der Waals surface area contributed by atoms with Gasteiger partial charge in [0, 0.05) is 0 Å². The number of rotatable bonds is 8. The Hall–Kier alpha value is -2.80. The highest BCUT2D eigenvalue weighted by molar-refractivity contribution is 5.47. The monoisotopic (exact) mass is 446 g/mol. The van der Waals surface area contributed by atoms with E-state index in [1.165, 1.54) is 0 Å². The fourth-order valence-corrected chi connectivity index (χ4v) is 4.36. The van der Waals surface area contributed by atoms with Crippen molar-refractivity contribution in [2.45, 2.75) is 43.2 Å². The number of benzene rings is 3. The second-order valence-corrected chi connectivity index (χ2v) is 8.17. The molecule has 0 bridgehead atoms. The summed E-state index contributed by atoms with van der Waals surface area (Å²) in [5.74, 6) is 0. The van der Waals surface area contributed by atoms with E-state index in [-0.39, 0.29) is 6.61 Å². The highest BCUT2D eigenvalue weighted by Gasteiger charge is 2.49. The summed E-state index contributed by atoms with van der Waals surface area (Å²) in [6, 6.07) is 29.5. The van der Waals surface area contributed by atoms with Gasteiger partial charge < -0.3 is 24.4 Å². The molecule has 5 atom stereocenters. The number of ether oxygens (including phenoxy) is 3. The average Bonchev–Trinajstić information content (AvgIpc) is 2.87. The minimum Gasteiger partial charge on any atom is -0.388 e. The maximum absolute atomic E-state index is 11.2. The number of aliphatic hydroxyl groups excluding tert-OH is 2. The van der Waals surface area contributed by atoms with E-state index in [0.717, 1.165) is 16.7 Å². The van der Waals surface area contributed by atoms with Crippen LogP contribution < -0.4 is 0 Å². The molecular formula is C28H30O5. The molecule has 172 valence electrons. The highest BCUT2D eigenvalue weighted by Crippen LogP contribution is 2.43. The normalized spacial score (nSPS) is 25.5. The fourth-order valence-electron chi connectivity index (χ4n) is 4.36. The summed E-state index contributed by atoms with van der Waals surface area (Å²) in [5.41, 5.74) is 1.55. The van der Waals surface area contributed by atoms with E-state index in [1.54, 1.807) is 13.0 Å². The summed E-state index contributed by atoms with van der Waals surface area (Å²) in [5, 5.41) is 22.2. The van der Waals surface area contributed by atoms with Crippen LogP contribution in [0.25, 0.3) is 0 Å².